The van der Waals surface area contributed by atoms with E-state index in [0.717, 1.165) is 31.2 Å². The molecule has 130 valence electrons. The van der Waals surface area contributed by atoms with Gasteiger partial charge in [-0.1, -0.05) is 19.1 Å². The number of nitriles is 1. The molecule has 1 amide bonds. The predicted molar refractivity (Wildman–Crippen MR) is 94.2 cm³/mol. The van der Waals surface area contributed by atoms with Crippen LogP contribution < -0.4 is 5.32 Å². The molecule has 3 aliphatic carbocycles. The van der Waals surface area contributed by atoms with Gasteiger partial charge in [-0.2, -0.15) is 5.26 Å². The summed E-state index contributed by atoms with van der Waals surface area (Å²) in [7, 11) is 0. The first kappa shape index (κ1) is 16.3. The largest absolute Gasteiger partial charge is 0.481 e. The van der Waals surface area contributed by atoms with Gasteiger partial charge in [0.2, 0.25) is 5.91 Å². The minimum absolute atomic E-state index is 0.00811. The molecule has 2 bridgehead atoms. The maximum Gasteiger partial charge on any atom is 0.307 e. The van der Waals surface area contributed by atoms with E-state index in [4.69, 9.17) is 0 Å². The summed E-state index contributed by atoms with van der Waals surface area (Å²) in [6, 6.07) is 2.25. The monoisotopic (exact) mass is 356 g/mol. The Kier molecular flexibility index (Phi) is 3.92. The lowest BCUT2D eigenvalue weighted by Crippen LogP contribution is -2.36. The highest BCUT2D eigenvalue weighted by atomic mass is 32.1. The standard InChI is InChI=1S/C19H20N2O3S/c1-9-2-5-12-13(8-20)18(25-14(12)6-9)21-17(22)15-10-3-4-11(7-10)16(15)19(23)24/h3-4,9-11,15-16H,2,5-7H2,1H3,(H,21,22)(H,23,24)/t9-,10+,11+,15+,16+/m1/s1. The minimum atomic E-state index is -0.906. The van der Waals surface area contributed by atoms with Gasteiger partial charge in [-0.05, 0) is 49.0 Å². The first-order valence-corrected chi connectivity index (χ1v) is 9.58. The molecule has 1 fully saturated rings. The van der Waals surface area contributed by atoms with Crippen molar-refractivity contribution in [2.24, 2.45) is 29.6 Å². The highest BCUT2D eigenvalue weighted by Gasteiger charge is 2.51. The van der Waals surface area contributed by atoms with Crippen molar-refractivity contribution < 1.29 is 14.7 Å². The maximum absolute atomic E-state index is 12.9. The Morgan fingerprint density at radius 1 is 1.32 bits per heavy atom. The molecule has 25 heavy (non-hydrogen) atoms. The van der Waals surface area contributed by atoms with E-state index in [-0.39, 0.29) is 17.7 Å². The molecule has 0 saturated heterocycles. The number of allylic oxidation sites excluding steroid dienone is 2. The fourth-order valence-electron chi connectivity index (χ4n) is 4.67. The smallest absolute Gasteiger partial charge is 0.307 e. The molecule has 0 aliphatic heterocycles. The third kappa shape index (κ3) is 2.58. The number of fused-ring (bicyclic) bond motifs is 3. The lowest BCUT2D eigenvalue weighted by Gasteiger charge is -2.23. The number of rotatable bonds is 3. The molecule has 2 N–H and O–H groups in total. The number of carboxylic acid groups (broad SMARTS) is 1. The topological polar surface area (TPSA) is 90.2 Å². The molecule has 0 radical (unpaired) electrons. The quantitative estimate of drug-likeness (QED) is 0.814. The minimum Gasteiger partial charge on any atom is -0.481 e. The van der Waals surface area contributed by atoms with Gasteiger partial charge in [0.1, 0.15) is 11.1 Å². The molecule has 5 atom stereocenters. The van der Waals surface area contributed by atoms with Crippen molar-refractivity contribution in [2.45, 2.75) is 32.6 Å². The Hall–Kier alpha value is -2.13. The highest BCUT2D eigenvalue weighted by Crippen LogP contribution is 2.49. The number of nitrogens with zero attached hydrogens (tertiary/aromatic N) is 1. The van der Waals surface area contributed by atoms with E-state index < -0.39 is 17.8 Å². The van der Waals surface area contributed by atoms with Gasteiger partial charge >= 0.3 is 5.97 Å². The lowest BCUT2D eigenvalue weighted by molar-refractivity contribution is -0.146. The lowest BCUT2D eigenvalue weighted by atomic mass is 9.82. The van der Waals surface area contributed by atoms with Crippen LogP contribution in [0.15, 0.2) is 12.2 Å². The van der Waals surface area contributed by atoms with E-state index in [0.29, 0.717) is 16.5 Å². The van der Waals surface area contributed by atoms with E-state index in [2.05, 4.69) is 18.3 Å². The summed E-state index contributed by atoms with van der Waals surface area (Å²) in [4.78, 5) is 25.7. The Labute approximate surface area is 150 Å². The molecule has 1 heterocycles. The number of hydrogen-bond donors (Lipinski definition) is 2. The Morgan fingerprint density at radius 2 is 2.04 bits per heavy atom. The number of carbonyl (C=O) groups is 2. The first-order chi connectivity index (χ1) is 12.0. The Bertz CT molecular complexity index is 819. The average Bonchev–Trinajstić information content (AvgIpc) is 3.25. The summed E-state index contributed by atoms with van der Waals surface area (Å²) in [5.41, 5.74) is 1.65. The predicted octanol–water partition coefficient (Wildman–Crippen LogP) is 3.21. The third-order valence-electron chi connectivity index (χ3n) is 5.91. The van der Waals surface area contributed by atoms with Crippen molar-refractivity contribution in [1.29, 1.82) is 5.26 Å². The molecule has 6 heteroatoms. The number of nitrogens with one attached hydrogen (secondary N) is 1. The molecule has 0 aromatic carbocycles. The van der Waals surface area contributed by atoms with E-state index in [1.807, 2.05) is 12.2 Å². The summed E-state index contributed by atoms with van der Waals surface area (Å²) < 4.78 is 0. The zero-order valence-corrected chi connectivity index (χ0v) is 14.8. The van der Waals surface area contributed by atoms with Gasteiger partial charge in [0.25, 0.3) is 0 Å². The number of thiophene rings is 1. The van der Waals surface area contributed by atoms with Crippen LogP contribution in [0.4, 0.5) is 5.00 Å². The SMILES string of the molecule is C[C@@H]1CCc2c(sc(NC(=O)[C@@H]3[C@@H](C(=O)O)[C@H]4C=C[C@H]3C4)c2C#N)C1. The number of amides is 1. The highest BCUT2D eigenvalue weighted by molar-refractivity contribution is 7.16. The summed E-state index contributed by atoms with van der Waals surface area (Å²) in [6.45, 7) is 2.20. The van der Waals surface area contributed by atoms with Crippen molar-refractivity contribution in [3.63, 3.8) is 0 Å². The summed E-state index contributed by atoms with van der Waals surface area (Å²) in [5, 5.41) is 22.6. The van der Waals surface area contributed by atoms with Crippen molar-refractivity contribution in [1.82, 2.24) is 0 Å². The second-order valence-corrected chi connectivity index (χ2v) is 8.60. The van der Waals surface area contributed by atoms with E-state index in [9.17, 15) is 20.0 Å². The van der Waals surface area contributed by atoms with E-state index >= 15 is 0 Å². The average molecular weight is 356 g/mol. The van der Waals surface area contributed by atoms with Crippen LogP contribution in [-0.4, -0.2) is 17.0 Å². The van der Waals surface area contributed by atoms with Gasteiger partial charge < -0.3 is 10.4 Å². The fourth-order valence-corrected chi connectivity index (χ4v) is 6.03. The van der Waals surface area contributed by atoms with Crippen molar-refractivity contribution in [3.05, 3.63) is 28.2 Å². The number of anilines is 1. The number of carboxylic acids is 1. The van der Waals surface area contributed by atoms with Crippen LogP contribution >= 0.6 is 11.3 Å². The van der Waals surface area contributed by atoms with Gasteiger partial charge in [0, 0.05) is 4.88 Å². The third-order valence-corrected chi connectivity index (χ3v) is 7.08. The molecular weight excluding hydrogens is 336 g/mol. The van der Waals surface area contributed by atoms with Gasteiger partial charge in [-0.25, -0.2) is 0 Å². The molecule has 3 aliphatic rings. The molecule has 1 saturated carbocycles. The van der Waals surface area contributed by atoms with Crippen LogP contribution in [0.25, 0.3) is 0 Å². The van der Waals surface area contributed by atoms with Gasteiger partial charge in [-0.3, -0.25) is 9.59 Å². The van der Waals surface area contributed by atoms with E-state index in [1.165, 1.54) is 16.2 Å². The normalized spacial score (nSPS) is 32.2. The molecule has 0 unspecified atom stereocenters. The van der Waals surface area contributed by atoms with Crippen molar-refractivity contribution in [3.8, 4) is 6.07 Å². The number of carbonyl (C=O) groups excluding carboxylic acids is 1. The van der Waals surface area contributed by atoms with Crippen molar-refractivity contribution in [2.75, 3.05) is 5.32 Å². The van der Waals surface area contributed by atoms with Crippen LogP contribution in [0.5, 0.6) is 0 Å². The first-order valence-electron chi connectivity index (χ1n) is 8.76. The van der Waals surface area contributed by atoms with Crippen LogP contribution in [0.2, 0.25) is 0 Å². The molecule has 1 aromatic heterocycles. The maximum atomic E-state index is 12.9. The molecule has 5 nitrogen and oxygen atoms in total. The summed E-state index contributed by atoms with van der Waals surface area (Å²) in [6.07, 6.45) is 7.52. The van der Waals surface area contributed by atoms with Crippen LogP contribution in [0, 0.1) is 40.9 Å². The summed E-state index contributed by atoms with van der Waals surface area (Å²) >= 11 is 1.49. The number of aliphatic carboxylic acids is 1. The molecule has 0 spiro atoms. The zero-order chi connectivity index (χ0) is 17.7. The molecule has 4 rings (SSSR count). The van der Waals surface area contributed by atoms with E-state index in [1.54, 1.807) is 0 Å². The zero-order valence-electron chi connectivity index (χ0n) is 14.0. The second kappa shape index (κ2) is 5.99. The second-order valence-electron chi connectivity index (χ2n) is 7.50. The fraction of sp³-hybridized carbons (Fsp3) is 0.526. The van der Waals surface area contributed by atoms with Crippen molar-refractivity contribution >= 4 is 28.2 Å². The van der Waals surface area contributed by atoms with Gasteiger partial charge in [-0.15, -0.1) is 11.3 Å². The molecular formula is C19H20N2O3S. The molecule has 1 aromatic rings. The number of hydrogen-bond acceptors (Lipinski definition) is 4. The van der Waals surface area contributed by atoms with Crippen LogP contribution in [0.1, 0.15) is 35.8 Å². The Morgan fingerprint density at radius 3 is 2.72 bits per heavy atom. The van der Waals surface area contributed by atoms with Gasteiger partial charge in [0.15, 0.2) is 0 Å². The van der Waals surface area contributed by atoms with Crippen LogP contribution in [-0.2, 0) is 22.4 Å². The van der Waals surface area contributed by atoms with Gasteiger partial charge in [0.05, 0.1) is 17.4 Å². The Balaban J connectivity index is 1.61. The summed E-state index contributed by atoms with van der Waals surface area (Å²) in [5.74, 6) is -1.83. The van der Waals surface area contributed by atoms with Crippen LogP contribution in [0.3, 0.4) is 0 Å².